The van der Waals surface area contributed by atoms with E-state index in [0.29, 0.717) is 0 Å². The van der Waals surface area contributed by atoms with Gasteiger partial charge in [0.15, 0.2) is 5.78 Å². The minimum atomic E-state index is 0. The molecule has 0 saturated heterocycles. The van der Waals surface area contributed by atoms with Crippen molar-refractivity contribution in [2.24, 2.45) is 0 Å². The molecular formula is C17H14OY-2. The predicted octanol–water partition coefficient (Wildman–Crippen LogP) is 4.44. The topological polar surface area (TPSA) is 17.1 Å². The number of rotatable bonds is 1. The summed E-state index contributed by atoms with van der Waals surface area (Å²) in [5, 5.41) is 4.47. The van der Waals surface area contributed by atoms with Crippen LogP contribution < -0.4 is 0 Å². The summed E-state index contributed by atoms with van der Waals surface area (Å²) in [6.07, 6.45) is 0. The fourth-order valence-corrected chi connectivity index (χ4v) is 2.13. The third-order valence-corrected chi connectivity index (χ3v) is 3.06. The van der Waals surface area contributed by atoms with Gasteiger partial charge in [0.05, 0.1) is 0 Å². The summed E-state index contributed by atoms with van der Waals surface area (Å²) in [5.41, 5.74) is 0.758. The van der Waals surface area contributed by atoms with Crippen LogP contribution in [0.4, 0.5) is 0 Å². The minimum Gasteiger partial charge on any atom is -0.358 e. The standard InChI is InChI=1S/C16H11O.CH3.Y/c1-11(17)14-9-8-13-7-6-12-4-2-3-5-15(12)16(13)10-14;;/h2-5,7-10H,1H3;1H3;/q2*-1;. The number of Topliss-reactive ketones (excluding diaryl/α,β-unsaturated/α-hetero) is 1. The Labute approximate surface area is 138 Å². The predicted molar refractivity (Wildman–Crippen MR) is 76.7 cm³/mol. The summed E-state index contributed by atoms with van der Waals surface area (Å²) in [4.78, 5) is 11.4. The zero-order chi connectivity index (χ0) is 11.8. The first-order valence-electron chi connectivity index (χ1n) is 5.60. The first kappa shape index (κ1) is 16.0. The number of carbonyl (C=O) groups is 1. The molecule has 0 heterocycles. The first-order valence-corrected chi connectivity index (χ1v) is 5.60. The second-order valence-electron chi connectivity index (χ2n) is 4.19. The van der Waals surface area contributed by atoms with E-state index in [1.165, 1.54) is 0 Å². The van der Waals surface area contributed by atoms with Crippen molar-refractivity contribution in [1.29, 1.82) is 0 Å². The van der Waals surface area contributed by atoms with Crippen LogP contribution in [0.25, 0.3) is 21.5 Å². The van der Waals surface area contributed by atoms with Crippen molar-refractivity contribution in [3.05, 3.63) is 67.6 Å². The zero-order valence-electron chi connectivity index (χ0n) is 11.1. The van der Waals surface area contributed by atoms with E-state index in [9.17, 15) is 4.79 Å². The molecule has 0 aliphatic carbocycles. The number of hydrogen-bond acceptors (Lipinski definition) is 1. The van der Waals surface area contributed by atoms with Gasteiger partial charge >= 0.3 is 0 Å². The quantitative estimate of drug-likeness (QED) is 0.367. The molecule has 93 valence electrons. The number of hydrogen-bond donors (Lipinski definition) is 0. The largest absolute Gasteiger partial charge is 0.358 e. The normalized spacial score (nSPS) is 9.74. The summed E-state index contributed by atoms with van der Waals surface area (Å²) >= 11 is 0. The Bertz CT molecular complexity index is 731. The van der Waals surface area contributed by atoms with Crippen LogP contribution in [-0.4, -0.2) is 5.78 Å². The van der Waals surface area contributed by atoms with Crippen molar-refractivity contribution < 1.29 is 37.5 Å². The van der Waals surface area contributed by atoms with Gasteiger partial charge in [0, 0.05) is 38.3 Å². The Kier molecular flexibility index (Phi) is 5.40. The molecule has 0 N–H and O–H groups in total. The Balaban J connectivity index is 0.000000902. The van der Waals surface area contributed by atoms with Crippen LogP contribution in [0.15, 0.2) is 48.5 Å². The van der Waals surface area contributed by atoms with Gasteiger partial charge in [0.1, 0.15) is 0 Å². The third kappa shape index (κ3) is 2.93. The molecular weight excluding hydrogens is 309 g/mol. The average Bonchev–Trinajstić information content (AvgIpc) is 2.38. The van der Waals surface area contributed by atoms with Crippen LogP contribution in [0, 0.1) is 13.5 Å². The van der Waals surface area contributed by atoms with Crippen LogP contribution in [0.1, 0.15) is 17.3 Å². The molecule has 0 fully saturated rings. The van der Waals surface area contributed by atoms with Gasteiger partial charge in [0.2, 0.25) is 0 Å². The van der Waals surface area contributed by atoms with Gasteiger partial charge in [-0.1, -0.05) is 41.1 Å². The SMILES string of the molecule is CC(=O)c1ccc2c[c-]c3ccccc3c2c1.[CH3-].[Y]. The Hall–Kier alpha value is -1.05. The molecule has 0 atom stereocenters. The van der Waals surface area contributed by atoms with Crippen molar-refractivity contribution in [1.82, 2.24) is 0 Å². The van der Waals surface area contributed by atoms with Crippen LogP contribution in [0.3, 0.4) is 0 Å². The van der Waals surface area contributed by atoms with E-state index in [2.05, 4.69) is 12.1 Å². The Morgan fingerprint density at radius 2 is 1.79 bits per heavy atom. The molecule has 1 nitrogen and oxygen atoms in total. The van der Waals surface area contributed by atoms with Crippen molar-refractivity contribution >= 4 is 27.3 Å². The van der Waals surface area contributed by atoms with Gasteiger partial charge in [0.25, 0.3) is 0 Å². The second kappa shape index (κ2) is 6.41. The Morgan fingerprint density at radius 1 is 1.05 bits per heavy atom. The van der Waals surface area contributed by atoms with Gasteiger partial charge in [-0.3, -0.25) is 4.79 Å². The molecule has 3 rings (SSSR count). The molecule has 3 aromatic carbocycles. The average molecular weight is 323 g/mol. The van der Waals surface area contributed by atoms with Gasteiger partial charge in [-0.25, -0.2) is 0 Å². The molecule has 0 aliphatic rings. The van der Waals surface area contributed by atoms with Crippen molar-refractivity contribution in [3.8, 4) is 0 Å². The molecule has 0 saturated carbocycles. The maximum Gasteiger partial charge on any atom is 0.159 e. The van der Waals surface area contributed by atoms with E-state index in [4.69, 9.17) is 0 Å². The molecule has 2 heteroatoms. The van der Waals surface area contributed by atoms with Crippen LogP contribution in [-0.2, 0) is 32.7 Å². The monoisotopic (exact) mass is 323 g/mol. The van der Waals surface area contributed by atoms with E-state index in [1.807, 2.05) is 42.5 Å². The molecule has 0 aliphatic heterocycles. The van der Waals surface area contributed by atoms with Gasteiger partial charge < -0.3 is 7.43 Å². The van der Waals surface area contributed by atoms with Gasteiger partial charge in [-0.15, -0.1) is 35.0 Å². The molecule has 0 bridgehead atoms. The molecule has 0 unspecified atom stereocenters. The zero-order valence-corrected chi connectivity index (χ0v) is 13.9. The van der Waals surface area contributed by atoms with Crippen molar-refractivity contribution in [2.45, 2.75) is 6.92 Å². The van der Waals surface area contributed by atoms with Crippen LogP contribution in [0.5, 0.6) is 0 Å². The van der Waals surface area contributed by atoms with Crippen LogP contribution in [0.2, 0.25) is 0 Å². The number of fused-ring (bicyclic) bond motifs is 3. The summed E-state index contributed by atoms with van der Waals surface area (Å²) < 4.78 is 0. The van der Waals surface area contributed by atoms with Crippen molar-refractivity contribution in [3.63, 3.8) is 0 Å². The summed E-state index contributed by atoms with van der Waals surface area (Å²) in [6, 6.07) is 19.2. The molecule has 1 radical (unpaired) electrons. The minimum absolute atomic E-state index is 0. The third-order valence-electron chi connectivity index (χ3n) is 3.06. The summed E-state index contributed by atoms with van der Waals surface area (Å²) in [6.45, 7) is 1.60. The summed E-state index contributed by atoms with van der Waals surface area (Å²) in [5.74, 6) is 0.101. The number of carbonyl (C=O) groups excluding carboxylic acids is 1. The van der Waals surface area contributed by atoms with E-state index in [1.54, 1.807) is 6.92 Å². The van der Waals surface area contributed by atoms with E-state index >= 15 is 0 Å². The van der Waals surface area contributed by atoms with Gasteiger partial charge in [-0.05, 0) is 6.92 Å². The Morgan fingerprint density at radius 3 is 2.53 bits per heavy atom. The summed E-state index contributed by atoms with van der Waals surface area (Å²) in [7, 11) is 0. The van der Waals surface area contributed by atoms with Crippen LogP contribution >= 0.6 is 0 Å². The number of ketones is 1. The molecule has 0 spiro atoms. The van der Waals surface area contributed by atoms with Crippen molar-refractivity contribution in [2.75, 3.05) is 0 Å². The molecule has 0 aromatic heterocycles. The van der Waals surface area contributed by atoms with E-state index < -0.39 is 0 Å². The molecule has 0 amide bonds. The maximum atomic E-state index is 11.4. The number of benzene rings is 3. The second-order valence-corrected chi connectivity index (χ2v) is 4.19. The van der Waals surface area contributed by atoms with E-state index in [0.717, 1.165) is 27.1 Å². The molecule has 3 aromatic rings. The molecule has 19 heavy (non-hydrogen) atoms. The van der Waals surface area contributed by atoms with E-state index in [-0.39, 0.29) is 45.9 Å². The van der Waals surface area contributed by atoms with Gasteiger partial charge in [-0.2, -0.15) is 0 Å². The smallest absolute Gasteiger partial charge is 0.159 e. The first-order chi connectivity index (χ1) is 8.25. The fraction of sp³-hybridized carbons (Fsp3) is 0.0588. The maximum absolute atomic E-state index is 11.4. The fourth-order valence-electron chi connectivity index (χ4n) is 2.13.